The zero-order valence-corrected chi connectivity index (χ0v) is 16.0. The van der Waals surface area contributed by atoms with E-state index in [1.807, 2.05) is 24.3 Å². The van der Waals surface area contributed by atoms with Crippen molar-refractivity contribution in [2.75, 3.05) is 18.0 Å². The van der Waals surface area contributed by atoms with E-state index in [0.717, 1.165) is 30.0 Å². The lowest BCUT2D eigenvalue weighted by atomic mass is 10.1. The highest BCUT2D eigenvalue weighted by Crippen LogP contribution is 2.23. The van der Waals surface area contributed by atoms with Gasteiger partial charge in [0.25, 0.3) is 5.91 Å². The first-order valence-corrected chi connectivity index (χ1v) is 9.19. The topological polar surface area (TPSA) is 71.3 Å². The predicted molar refractivity (Wildman–Crippen MR) is 106 cm³/mol. The summed E-state index contributed by atoms with van der Waals surface area (Å²) in [4.78, 5) is 18.9. The fraction of sp³-hybridized carbons (Fsp3) is 0.250. The standard InChI is InChI=1S/C20H21ClN4O2/c1-3-25(4-2)19-9-8-14(12-22-19)13-23-20(26)17-11-18(27-24-17)15-6-5-7-16(21)10-15/h5-12H,3-4,13H2,1-2H3,(H,23,26). The minimum absolute atomic E-state index is 0.220. The third kappa shape index (κ3) is 4.65. The van der Waals surface area contributed by atoms with Gasteiger partial charge in [-0.25, -0.2) is 4.98 Å². The first-order chi connectivity index (χ1) is 13.1. The van der Waals surface area contributed by atoms with Gasteiger partial charge in [-0.3, -0.25) is 4.79 Å². The molecule has 7 heteroatoms. The Labute approximate surface area is 163 Å². The number of aromatic nitrogens is 2. The van der Waals surface area contributed by atoms with Crippen LogP contribution in [0.3, 0.4) is 0 Å². The number of anilines is 1. The van der Waals surface area contributed by atoms with Crippen LogP contribution in [0.5, 0.6) is 0 Å². The maximum absolute atomic E-state index is 12.3. The van der Waals surface area contributed by atoms with Crippen LogP contribution >= 0.6 is 11.6 Å². The van der Waals surface area contributed by atoms with Crippen LogP contribution in [-0.2, 0) is 6.54 Å². The Morgan fingerprint density at radius 2 is 2.00 bits per heavy atom. The number of carbonyl (C=O) groups excluding carboxylic acids is 1. The smallest absolute Gasteiger partial charge is 0.273 e. The fourth-order valence-electron chi connectivity index (χ4n) is 2.69. The molecule has 0 saturated heterocycles. The number of benzene rings is 1. The van der Waals surface area contributed by atoms with Crippen LogP contribution in [0.1, 0.15) is 29.9 Å². The molecule has 140 valence electrons. The Morgan fingerprint density at radius 3 is 2.67 bits per heavy atom. The normalized spacial score (nSPS) is 10.6. The molecule has 3 rings (SSSR count). The maximum atomic E-state index is 12.3. The molecule has 0 bridgehead atoms. The molecular weight excluding hydrogens is 364 g/mol. The first kappa shape index (κ1) is 18.9. The Balaban J connectivity index is 1.61. The van der Waals surface area contributed by atoms with Gasteiger partial charge in [-0.1, -0.05) is 35.0 Å². The molecule has 0 aliphatic rings. The van der Waals surface area contributed by atoms with Crippen LogP contribution in [0.25, 0.3) is 11.3 Å². The van der Waals surface area contributed by atoms with Gasteiger partial charge in [0.2, 0.25) is 0 Å². The van der Waals surface area contributed by atoms with E-state index in [9.17, 15) is 4.79 Å². The molecule has 0 radical (unpaired) electrons. The second-order valence-electron chi connectivity index (χ2n) is 5.97. The zero-order valence-electron chi connectivity index (χ0n) is 15.3. The molecule has 2 aromatic heterocycles. The fourth-order valence-corrected chi connectivity index (χ4v) is 2.88. The summed E-state index contributed by atoms with van der Waals surface area (Å²) in [7, 11) is 0. The van der Waals surface area contributed by atoms with Gasteiger partial charge >= 0.3 is 0 Å². The molecule has 0 fully saturated rings. The van der Waals surface area contributed by atoms with E-state index in [1.165, 1.54) is 0 Å². The van der Waals surface area contributed by atoms with Gasteiger partial charge in [0.1, 0.15) is 5.82 Å². The summed E-state index contributed by atoms with van der Waals surface area (Å²) in [6, 6.07) is 12.7. The van der Waals surface area contributed by atoms with Crippen molar-refractivity contribution in [1.82, 2.24) is 15.5 Å². The third-order valence-electron chi connectivity index (χ3n) is 4.20. The lowest BCUT2D eigenvalue weighted by molar-refractivity contribution is 0.0942. The summed E-state index contributed by atoms with van der Waals surface area (Å²) in [6.07, 6.45) is 1.77. The average Bonchev–Trinajstić information content (AvgIpc) is 3.18. The van der Waals surface area contributed by atoms with Crippen LogP contribution < -0.4 is 10.2 Å². The van der Waals surface area contributed by atoms with Crippen LogP contribution in [0, 0.1) is 0 Å². The molecule has 3 aromatic rings. The monoisotopic (exact) mass is 384 g/mol. The molecule has 0 aliphatic heterocycles. The van der Waals surface area contributed by atoms with Crippen LogP contribution in [0.15, 0.2) is 53.2 Å². The summed E-state index contributed by atoms with van der Waals surface area (Å²) >= 11 is 5.98. The number of hydrogen-bond acceptors (Lipinski definition) is 5. The molecule has 1 N–H and O–H groups in total. The van der Waals surface area contributed by atoms with Gasteiger partial charge < -0.3 is 14.7 Å². The lowest BCUT2D eigenvalue weighted by Crippen LogP contribution is -2.24. The summed E-state index contributed by atoms with van der Waals surface area (Å²) < 4.78 is 5.26. The van der Waals surface area contributed by atoms with E-state index in [4.69, 9.17) is 16.1 Å². The van der Waals surface area contributed by atoms with Crippen molar-refractivity contribution >= 4 is 23.3 Å². The minimum atomic E-state index is -0.306. The summed E-state index contributed by atoms with van der Waals surface area (Å²) in [5.41, 5.74) is 1.90. The highest BCUT2D eigenvalue weighted by Gasteiger charge is 2.14. The van der Waals surface area contributed by atoms with E-state index in [-0.39, 0.29) is 11.6 Å². The minimum Gasteiger partial charge on any atom is -0.357 e. The van der Waals surface area contributed by atoms with Crippen molar-refractivity contribution < 1.29 is 9.32 Å². The van der Waals surface area contributed by atoms with Crippen molar-refractivity contribution in [3.63, 3.8) is 0 Å². The van der Waals surface area contributed by atoms with Crippen molar-refractivity contribution in [3.8, 4) is 11.3 Å². The van der Waals surface area contributed by atoms with Gasteiger partial charge in [0.05, 0.1) is 0 Å². The highest BCUT2D eigenvalue weighted by atomic mass is 35.5. The second-order valence-corrected chi connectivity index (χ2v) is 6.40. The predicted octanol–water partition coefficient (Wildman–Crippen LogP) is 4.17. The number of halogens is 1. The average molecular weight is 385 g/mol. The Morgan fingerprint density at radius 1 is 1.19 bits per heavy atom. The molecule has 0 atom stereocenters. The van der Waals surface area contributed by atoms with E-state index >= 15 is 0 Å². The number of rotatable bonds is 7. The van der Waals surface area contributed by atoms with E-state index in [2.05, 4.69) is 34.2 Å². The summed E-state index contributed by atoms with van der Waals surface area (Å²) in [5.74, 6) is 1.12. The Bertz CT molecular complexity index is 904. The SMILES string of the molecule is CCN(CC)c1ccc(CNC(=O)c2cc(-c3cccc(Cl)c3)on2)cn1. The second kappa shape index (κ2) is 8.68. The largest absolute Gasteiger partial charge is 0.357 e. The number of pyridine rings is 1. The Kier molecular flexibility index (Phi) is 6.08. The van der Waals surface area contributed by atoms with Crippen molar-refractivity contribution in [2.45, 2.75) is 20.4 Å². The molecule has 1 aromatic carbocycles. The number of hydrogen-bond donors (Lipinski definition) is 1. The summed E-state index contributed by atoms with van der Waals surface area (Å²) in [6.45, 7) is 6.36. The molecule has 0 aliphatic carbocycles. The molecule has 0 unspecified atom stereocenters. The van der Waals surface area contributed by atoms with Crippen molar-refractivity contribution in [3.05, 3.63) is 64.9 Å². The maximum Gasteiger partial charge on any atom is 0.273 e. The first-order valence-electron chi connectivity index (χ1n) is 8.81. The number of carbonyl (C=O) groups is 1. The van der Waals surface area contributed by atoms with Crippen LogP contribution in [-0.4, -0.2) is 29.1 Å². The van der Waals surface area contributed by atoms with Crippen LogP contribution in [0.2, 0.25) is 5.02 Å². The third-order valence-corrected chi connectivity index (χ3v) is 4.44. The molecule has 1 amide bonds. The number of nitrogens with one attached hydrogen (secondary N) is 1. The molecule has 6 nitrogen and oxygen atoms in total. The van der Waals surface area contributed by atoms with E-state index < -0.39 is 0 Å². The van der Waals surface area contributed by atoms with Gasteiger partial charge in [-0.15, -0.1) is 0 Å². The highest BCUT2D eigenvalue weighted by molar-refractivity contribution is 6.30. The molecule has 0 saturated carbocycles. The molecule has 0 spiro atoms. The van der Waals surface area contributed by atoms with Crippen molar-refractivity contribution in [2.24, 2.45) is 0 Å². The van der Waals surface area contributed by atoms with Crippen LogP contribution in [0.4, 0.5) is 5.82 Å². The van der Waals surface area contributed by atoms with Gasteiger partial charge in [0.15, 0.2) is 11.5 Å². The number of nitrogens with zero attached hydrogens (tertiary/aromatic N) is 3. The quantitative estimate of drug-likeness (QED) is 0.662. The molecule has 27 heavy (non-hydrogen) atoms. The zero-order chi connectivity index (χ0) is 19.2. The van der Waals surface area contributed by atoms with Gasteiger partial charge in [-0.2, -0.15) is 0 Å². The van der Waals surface area contributed by atoms with Gasteiger partial charge in [-0.05, 0) is 37.6 Å². The lowest BCUT2D eigenvalue weighted by Gasteiger charge is -2.19. The number of amides is 1. The summed E-state index contributed by atoms with van der Waals surface area (Å²) in [5, 5.41) is 7.26. The van der Waals surface area contributed by atoms with E-state index in [1.54, 1.807) is 24.4 Å². The Hall–Kier alpha value is -2.86. The molecule has 2 heterocycles. The molecular formula is C20H21ClN4O2. The van der Waals surface area contributed by atoms with Crippen molar-refractivity contribution in [1.29, 1.82) is 0 Å². The van der Waals surface area contributed by atoms with E-state index in [0.29, 0.717) is 17.3 Å². The van der Waals surface area contributed by atoms with Gasteiger partial charge in [0, 0.05) is 42.5 Å².